The van der Waals surface area contributed by atoms with Crippen molar-refractivity contribution in [1.29, 1.82) is 0 Å². The molecule has 0 aliphatic carbocycles. The second-order valence-corrected chi connectivity index (χ2v) is 8.06. The fourth-order valence-electron chi connectivity index (χ4n) is 2.78. The minimum absolute atomic E-state index is 0.211. The number of thiazole rings is 1. The van der Waals surface area contributed by atoms with Crippen LogP contribution in [0, 0.1) is 0 Å². The van der Waals surface area contributed by atoms with Crippen molar-refractivity contribution in [2.75, 3.05) is 17.2 Å². The van der Waals surface area contributed by atoms with Gasteiger partial charge in [-0.05, 0) is 18.2 Å². The summed E-state index contributed by atoms with van der Waals surface area (Å²) < 4.78 is 0. The molecule has 29 heavy (non-hydrogen) atoms. The van der Waals surface area contributed by atoms with Crippen molar-refractivity contribution < 1.29 is 9.59 Å². The van der Waals surface area contributed by atoms with Crippen LogP contribution in [-0.4, -0.2) is 38.3 Å². The van der Waals surface area contributed by atoms with Crippen molar-refractivity contribution in [2.24, 2.45) is 0 Å². The quantitative estimate of drug-likeness (QED) is 0.628. The number of carbonyl (C=O) groups excluding carboxylic acids is 2. The van der Waals surface area contributed by atoms with E-state index in [1.807, 2.05) is 0 Å². The number of fused-ring (bicyclic) bond motifs is 1. The average Bonchev–Trinajstić information content (AvgIpc) is 3.12. The lowest BCUT2D eigenvalue weighted by molar-refractivity contribution is 0.102. The third-order valence-corrected chi connectivity index (χ3v) is 5.94. The van der Waals surface area contributed by atoms with E-state index in [4.69, 9.17) is 23.2 Å². The van der Waals surface area contributed by atoms with Crippen LogP contribution in [0.4, 0.5) is 15.6 Å². The molecule has 0 unspecified atom stereocenters. The summed E-state index contributed by atoms with van der Waals surface area (Å²) in [6.45, 7) is 0.919. The molecule has 1 aliphatic rings. The van der Waals surface area contributed by atoms with E-state index in [-0.39, 0.29) is 17.6 Å². The van der Waals surface area contributed by atoms with E-state index in [9.17, 15) is 9.59 Å². The predicted molar refractivity (Wildman–Crippen MR) is 112 cm³/mol. The molecule has 0 atom stereocenters. The number of benzene rings is 1. The number of urea groups is 1. The Morgan fingerprint density at radius 3 is 2.76 bits per heavy atom. The van der Waals surface area contributed by atoms with Gasteiger partial charge in [0.2, 0.25) is 0 Å². The van der Waals surface area contributed by atoms with Crippen LogP contribution in [0.3, 0.4) is 0 Å². The van der Waals surface area contributed by atoms with E-state index in [1.54, 1.807) is 23.1 Å². The molecule has 3 amide bonds. The fourth-order valence-corrected chi connectivity index (χ4v) is 4.09. The molecule has 3 heterocycles. The Morgan fingerprint density at radius 1 is 1.14 bits per heavy atom. The van der Waals surface area contributed by atoms with Crippen LogP contribution in [-0.2, 0) is 13.0 Å². The van der Waals surface area contributed by atoms with Gasteiger partial charge in [-0.2, -0.15) is 0 Å². The number of nitrogens with one attached hydrogen (secondary N) is 2. The van der Waals surface area contributed by atoms with Crippen molar-refractivity contribution in [3.05, 3.63) is 63.1 Å². The molecular formula is C18H14Cl2N6O2S. The molecule has 0 radical (unpaired) electrons. The molecule has 1 aromatic carbocycles. The smallest absolute Gasteiger partial charge is 0.319 e. The Balaban J connectivity index is 1.41. The monoisotopic (exact) mass is 448 g/mol. The average molecular weight is 449 g/mol. The maximum atomic E-state index is 12.6. The highest BCUT2D eigenvalue weighted by atomic mass is 35.5. The van der Waals surface area contributed by atoms with Crippen LogP contribution in [0.25, 0.3) is 0 Å². The number of amides is 3. The van der Waals surface area contributed by atoms with Gasteiger partial charge < -0.3 is 10.2 Å². The molecule has 1 aliphatic heterocycles. The first-order valence-electron chi connectivity index (χ1n) is 8.56. The summed E-state index contributed by atoms with van der Waals surface area (Å²) in [4.78, 5) is 39.7. The number of nitrogens with zero attached hydrogens (tertiary/aromatic N) is 4. The maximum Gasteiger partial charge on any atom is 0.322 e. The second kappa shape index (κ2) is 8.32. The number of hydrogen-bond donors (Lipinski definition) is 2. The number of halogens is 2. The molecule has 2 N–H and O–H groups in total. The van der Waals surface area contributed by atoms with Crippen LogP contribution in [0.15, 0.2) is 36.8 Å². The van der Waals surface area contributed by atoms with Gasteiger partial charge >= 0.3 is 6.03 Å². The van der Waals surface area contributed by atoms with Gasteiger partial charge in [-0.1, -0.05) is 34.5 Å². The third-order valence-electron chi connectivity index (χ3n) is 4.21. The summed E-state index contributed by atoms with van der Waals surface area (Å²) in [5, 5.41) is 6.81. The molecular weight excluding hydrogens is 435 g/mol. The van der Waals surface area contributed by atoms with E-state index in [1.165, 1.54) is 29.9 Å². The molecule has 3 aromatic rings. The summed E-state index contributed by atoms with van der Waals surface area (Å²) >= 11 is 13.2. The van der Waals surface area contributed by atoms with Gasteiger partial charge in [-0.15, -0.1) is 0 Å². The number of carbonyl (C=O) groups is 2. The second-order valence-electron chi connectivity index (χ2n) is 6.16. The lowest BCUT2D eigenvalue weighted by Gasteiger charge is -2.26. The minimum Gasteiger partial charge on any atom is -0.319 e. The first kappa shape index (κ1) is 19.6. The fraction of sp³-hybridized carbons (Fsp3) is 0.167. The molecule has 0 saturated heterocycles. The zero-order chi connectivity index (χ0) is 20.4. The highest BCUT2D eigenvalue weighted by molar-refractivity contribution is 7.15. The van der Waals surface area contributed by atoms with Gasteiger partial charge in [-0.3, -0.25) is 15.1 Å². The van der Waals surface area contributed by atoms with Gasteiger partial charge in [0.1, 0.15) is 5.69 Å². The summed E-state index contributed by atoms with van der Waals surface area (Å²) in [5.41, 5.74) is 1.66. The van der Waals surface area contributed by atoms with E-state index >= 15 is 0 Å². The zero-order valence-corrected chi connectivity index (χ0v) is 17.2. The number of aromatic nitrogens is 3. The van der Waals surface area contributed by atoms with Crippen molar-refractivity contribution in [3.8, 4) is 0 Å². The van der Waals surface area contributed by atoms with Crippen molar-refractivity contribution in [3.63, 3.8) is 0 Å². The topological polar surface area (TPSA) is 100 Å². The largest absolute Gasteiger partial charge is 0.322 e. The Hall–Kier alpha value is -2.75. The number of hydrogen-bond acceptors (Lipinski definition) is 6. The van der Waals surface area contributed by atoms with E-state index < -0.39 is 0 Å². The van der Waals surface area contributed by atoms with E-state index in [0.29, 0.717) is 40.4 Å². The van der Waals surface area contributed by atoms with Gasteiger partial charge in [0.25, 0.3) is 5.91 Å². The Morgan fingerprint density at radius 2 is 2.00 bits per heavy atom. The first-order chi connectivity index (χ1) is 14.0. The molecule has 8 nitrogen and oxygen atoms in total. The molecule has 0 fully saturated rings. The normalized spacial score (nSPS) is 13.0. The number of rotatable bonds is 3. The summed E-state index contributed by atoms with van der Waals surface area (Å²) in [6.07, 6.45) is 4.93. The SMILES string of the molecule is O=C(Nc1nc2c(s1)CN(C(=O)Nc1ccc(Cl)c(Cl)c1)CC2)c1cnccn1. The number of anilines is 2. The van der Waals surface area contributed by atoms with Crippen molar-refractivity contribution >= 4 is 57.3 Å². The minimum atomic E-state index is -0.376. The summed E-state index contributed by atoms with van der Waals surface area (Å²) in [6, 6.07) is 4.68. The summed E-state index contributed by atoms with van der Waals surface area (Å²) in [5.74, 6) is -0.376. The highest BCUT2D eigenvalue weighted by Crippen LogP contribution is 2.29. The predicted octanol–water partition coefficient (Wildman–Crippen LogP) is 4.08. The van der Waals surface area contributed by atoms with Gasteiger partial charge in [-0.25, -0.2) is 14.8 Å². The highest BCUT2D eigenvalue weighted by Gasteiger charge is 2.25. The molecule has 0 saturated carbocycles. The van der Waals surface area contributed by atoms with Gasteiger partial charge in [0.15, 0.2) is 5.13 Å². The Bertz CT molecular complexity index is 1080. The van der Waals surface area contributed by atoms with Gasteiger partial charge in [0, 0.05) is 35.9 Å². The lowest BCUT2D eigenvalue weighted by atomic mass is 10.2. The molecule has 4 rings (SSSR count). The molecule has 0 bridgehead atoms. The third kappa shape index (κ3) is 4.47. The van der Waals surface area contributed by atoms with Gasteiger partial charge in [0.05, 0.1) is 28.5 Å². The summed E-state index contributed by atoms with van der Waals surface area (Å²) in [7, 11) is 0. The maximum absolute atomic E-state index is 12.6. The van der Waals surface area contributed by atoms with Crippen LogP contribution >= 0.6 is 34.5 Å². The molecule has 11 heteroatoms. The van der Waals surface area contributed by atoms with E-state index in [2.05, 4.69) is 25.6 Å². The van der Waals surface area contributed by atoms with Crippen molar-refractivity contribution in [2.45, 2.75) is 13.0 Å². The van der Waals surface area contributed by atoms with Crippen LogP contribution in [0.5, 0.6) is 0 Å². The molecule has 2 aromatic heterocycles. The molecule has 0 spiro atoms. The van der Waals surface area contributed by atoms with Crippen LogP contribution in [0.1, 0.15) is 21.1 Å². The van der Waals surface area contributed by atoms with Crippen molar-refractivity contribution in [1.82, 2.24) is 19.9 Å². The molecule has 148 valence electrons. The lowest BCUT2D eigenvalue weighted by Crippen LogP contribution is -2.38. The Kier molecular flexibility index (Phi) is 5.61. The van der Waals surface area contributed by atoms with Crippen LogP contribution < -0.4 is 10.6 Å². The zero-order valence-electron chi connectivity index (χ0n) is 14.9. The first-order valence-corrected chi connectivity index (χ1v) is 10.1. The standard InChI is InChI=1S/C18H14Cl2N6O2S/c19-11-2-1-10(7-12(11)20)23-18(28)26-6-3-13-15(9-26)29-17(24-13)25-16(27)14-8-21-4-5-22-14/h1-2,4-5,7-8H,3,6,9H2,(H,23,28)(H,24,25,27). The van der Waals surface area contributed by atoms with E-state index in [0.717, 1.165) is 10.6 Å². The van der Waals surface area contributed by atoms with Crippen LogP contribution in [0.2, 0.25) is 10.0 Å². The Labute approximate surface area is 179 Å².